The monoisotopic (exact) mass is 255 g/mol. The lowest BCUT2D eigenvalue weighted by molar-refractivity contribution is -0.124. The number of benzene rings is 1. The van der Waals surface area contributed by atoms with E-state index in [9.17, 15) is 4.39 Å². The Morgan fingerprint density at radius 3 is 2.44 bits per heavy atom. The molecule has 0 amide bonds. The average molecular weight is 255 g/mol. The number of halogens is 1. The van der Waals surface area contributed by atoms with Crippen LogP contribution in [-0.4, -0.2) is 27.1 Å². The Balaban J connectivity index is 3.00. The van der Waals surface area contributed by atoms with Gasteiger partial charge in [-0.05, 0) is 43.1 Å². The van der Waals surface area contributed by atoms with Gasteiger partial charge in [0.05, 0.1) is 6.04 Å². The van der Waals surface area contributed by atoms with Crippen molar-refractivity contribution in [2.45, 2.75) is 32.6 Å². The number of methoxy groups -OCH3 is 2. The fourth-order valence-electron chi connectivity index (χ4n) is 2.01. The average Bonchev–Trinajstić information content (AvgIpc) is 2.35. The van der Waals surface area contributed by atoms with E-state index in [2.05, 4.69) is 12.2 Å². The Morgan fingerprint density at radius 1 is 1.28 bits per heavy atom. The van der Waals surface area contributed by atoms with E-state index >= 15 is 0 Å². The largest absolute Gasteiger partial charge is 0.354 e. The van der Waals surface area contributed by atoms with Gasteiger partial charge < -0.3 is 14.8 Å². The van der Waals surface area contributed by atoms with E-state index in [0.29, 0.717) is 0 Å². The molecule has 0 spiro atoms. The molecule has 1 unspecified atom stereocenters. The van der Waals surface area contributed by atoms with Gasteiger partial charge in [0, 0.05) is 14.2 Å². The molecule has 0 aliphatic heterocycles. The molecular weight excluding hydrogens is 233 g/mol. The Bertz CT molecular complexity index is 367. The van der Waals surface area contributed by atoms with Crippen LogP contribution in [0.25, 0.3) is 0 Å². The summed E-state index contributed by atoms with van der Waals surface area (Å²) in [6.07, 6.45) is 0.623. The fourth-order valence-corrected chi connectivity index (χ4v) is 2.01. The molecule has 0 aromatic heterocycles. The van der Waals surface area contributed by atoms with Crippen molar-refractivity contribution in [1.82, 2.24) is 5.32 Å². The van der Waals surface area contributed by atoms with E-state index in [1.807, 2.05) is 6.92 Å². The second-order valence-corrected chi connectivity index (χ2v) is 4.27. The first-order valence-corrected chi connectivity index (χ1v) is 6.19. The first kappa shape index (κ1) is 15.1. The van der Waals surface area contributed by atoms with Crippen LogP contribution in [0.15, 0.2) is 18.2 Å². The molecule has 1 aromatic rings. The van der Waals surface area contributed by atoms with Crippen molar-refractivity contribution in [2.24, 2.45) is 0 Å². The van der Waals surface area contributed by atoms with E-state index in [4.69, 9.17) is 9.47 Å². The van der Waals surface area contributed by atoms with Crippen LogP contribution in [0.1, 0.15) is 30.5 Å². The molecule has 18 heavy (non-hydrogen) atoms. The van der Waals surface area contributed by atoms with Gasteiger partial charge in [-0.25, -0.2) is 4.39 Å². The highest BCUT2D eigenvalue weighted by atomic mass is 19.1. The summed E-state index contributed by atoms with van der Waals surface area (Å²) in [6.45, 7) is 4.84. The van der Waals surface area contributed by atoms with Crippen molar-refractivity contribution >= 4 is 0 Å². The second-order valence-electron chi connectivity index (χ2n) is 4.27. The summed E-state index contributed by atoms with van der Waals surface area (Å²) in [7, 11) is 3.21. The molecule has 1 N–H and O–H groups in total. The van der Waals surface area contributed by atoms with Gasteiger partial charge in [-0.1, -0.05) is 13.0 Å². The van der Waals surface area contributed by atoms with Crippen molar-refractivity contribution < 1.29 is 13.9 Å². The molecule has 0 saturated carbocycles. The van der Waals surface area contributed by atoms with Crippen LogP contribution >= 0.6 is 0 Å². The summed E-state index contributed by atoms with van der Waals surface area (Å²) in [4.78, 5) is 0. The molecule has 102 valence electrons. The molecule has 0 heterocycles. The number of rotatable bonds is 7. The van der Waals surface area contributed by atoms with Gasteiger partial charge in [0.15, 0.2) is 6.29 Å². The molecular formula is C14H22FNO2. The van der Waals surface area contributed by atoms with E-state index in [1.54, 1.807) is 20.3 Å². The maximum Gasteiger partial charge on any atom is 0.176 e. The van der Waals surface area contributed by atoms with Crippen LogP contribution in [-0.2, 0) is 9.47 Å². The SMILES string of the molecule is CCCNC(c1ccc(F)cc1C)C(OC)OC. The maximum absolute atomic E-state index is 13.1. The highest BCUT2D eigenvalue weighted by Gasteiger charge is 2.23. The summed E-state index contributed by atoms with van der Waals surface area (Å²) in [5, 5.41) is 3.38. The third-order valence-electron chi connectivity index (χ3n) is 2.92. The van der Waals surface area contributed by atoms with Gasteiger partial charge in [-0.15, -0.1) is 0 Å². The standard InChI is InChI=1S/C14H22FNO2/c1-5-8-16-13(14(17-3)18-4)12-7-6-11(15)9-10(12)2/h6-7,9,13-14,16H,5,8H2,1-4H3. The maximum atomic E-state index is 13.1. The van der Waals surface area contributed by atoms with E-state index in [0.717, 1.165) is 24.1 Å². The number of hydrogen-bond donors (Lipinski definition) is 1. The quantitative estimate of drug-likeness (QED) is 0.760. The van der Waals surface area contributed by atoms with Gasteiger partial charge >= 0.3 is 0 Å². The molecule has 0 fully saturated rings. The minimum absolute atomic E-state index is 0.0967. The van der Waals surface area contributed by atoms with Crippen molar-refractivity contribution in [2.75, 3.05) is 20.8 Å². The van der Waals surface area contributed by atoms with Crippen LogP contribution in [0.5, 0.6) is 0 Å². The van der Waals surface area contributed by atoms with Gasteiger partial charge in [0.25, 0.3) is 0 Å². The highest BCUT2D eigenvalue weighted by Crippen LogP contribution is 2.23. The second kappa shape index (κ2) is 7.46. The molecule has 4 heteroatoms. The van der Waals surface area contributed by atoms with Gasteiger partial charge in [0.1, 0.15) is 5.82 Å². The summed E-state index contributed by atoms with van der Waals surface area (Å²) in [5.41, 5.74) is 1.89. The van der Waals surface area contributed by atoms with Crippen molar-refractivity contribution in [3.8, 4) is 0 Å². The lowest BCUT2D eigenvalue weighted by atomic mass is 10.0. The zero-order chi connectivity index (χ0) is 13.5. The minimum atomic E-state index is -0.388. The topological polar surface area (TPSA) is 30.5 Å². The Kier molecular flexibility index (Phi) is 6.25. The number of nitrogens with one attached hydrogen (secondary N) is 1. The zero-order valence-electron chi connectivity index (χ0n) is 11.5. The smallest absolute Gasteiger partial charge is 0.176 e. The van der Waals surface area contributed by atoms with Gasteiger partial charge in [-0.2, -0.15) is 0 Å². The summed E-state index contributed by atoms with van der Waals surface area (Å²) < 4.78 is 23.8. The fraction of sp³-hybridized carbons (Fsp3) is 0.571. The van der Waals surface area contributed by atoms with Gasteiger partial charge in [-0.3, -0.25) is 0 Å². The predicted octanol–water partition coefficient (Wildman–Crippen LogP) is 2.79. The van der Waals surface area contributed by atoms with E-state index in [-0.39, 0.29) is 18.1 Å². The van der Waals surface area contributed by atoms with Crippen LogP contribution in [0.2, 0.25) is 0 Å². The normalized spacial score (nSPS) is 13.0. The molecule has 0 radical (unpaired) electrons. The van der Waals surface area contributed by atoms with Crippen LogP contribution in [0.3, 0.4) is 0 Å². The Morgan fingerprint density at radius 2 is 1.94 bits per heavy atom. The molecule has 0 bridgehead atoms. The van der Waals surface area contributed by atoms with Crippen molar-refractivity contribution in [1.29, 1.82) is 0 Å². The molecule has 0 aliphatic rings. The van der Waals surface area contributed by atoms with Crippen LogP contribution in [0.4, 0.5) is 4.39 Å². The molecule has 1 rings (SSSR count). The molecule has 0 saturated heterocycles. The summed E-state index contributed by atoms with van der Waals surface area (Å²) in [6, 6.07) is 4.67. The molecule has 0 aliphatic carbocycles. The minimum Gasteiger partial charge on any atom is -0.354 e. The number of aryl methyl sites for hydroxylation is 1. The lowest BCUT2D eigenvalue weighted by Gasteiger charge is -2.27. The van der Waals surface area contributed by atoms with E-state index < -0.39 is 0 Å². The number of hydrogen-bond acceptors (Lipinski definition) is 3. The Labute approximate surface area is 108 Å². The van der Waals surface area contributed by atoms with Crippen LogP contribution < -0.4 is 5.32 Å². The highest BCUT2D eigenvalue weighted by molar-refractivity contribution is 5.30. The number of ether oxygens (including phenoxy) is 2. The third-order valence-corrected chi connectivity index (χ3v) is 2.92. The van der Waals surface area contributed by atoms with Crippen molar-refractivity contribution in [3.05, 3.63) is 35.1 Å². The van der Waals surface area contributed by atoms with Crippen molar-refractivity contribution in [3.63, 3.8) is 0 Å². The zero-order valence-corrected chi connectivity index (χ0v) is 11.5. The summed E-state index contributed by atoms with van der Waals surface area (Å²) >= 11 is 0. The molecule has 1 aromatic carbocycles. The Hall–Kier alpha value is -0.970. The predicted molar refractivity (Wildman–Crippen MR) is 70.0 cm³/mol. The first-order chi connectivity index (χ1) is 8.63. The van der Waals surface area contributed by atoms with E-state index in [1.165, 1.54) is 12.1 Å². The molecule has 1 atom stereocenters. The third kappa shape index (κ3) is 3.77. The lowest BCUT2D eigenvalue weighted by Crippen LogP contribution is -2.35. The van der Waals surface area contributed by atoms with Gasteiger partial charge in [0.2, 0.25) is 0 Å². The molecule has 3 nitrogen and oxygen atoms in total. The van der Waals surface area contributed by atoms with Crippen LogP contribution in [0, 0.1) is 12.7 Å². The summed E-state index contributed by atoms with van der Waals surface area (Å²) in [5.74, 6) is -0.225. The first-order valence-electron chi connectivity index (χ1n) is 6.19.